The van der Waals surface area contributed by atoms with Gasteiger partial charge in [-0.25, -0.2) is 23.1 Å². The predicted molar refractivity (Wildman–Crippen MR) is 89.6 cm³/mol. The van der Waals surface area contributed by atoms with Crippen molar-refractivity contribution in [2.45, 2.75) is 10.2 Å². The lowest BCUT2D eigenvalue weighted by molar-refractivity contribution is 0.0698. The van der Waals surface area contributed by atoms with Crippen molar-refractivity contribution < 1.29 is 18.7 Å². The molecule has 0 spiro atoms. The largest absolute Gasteiger partial charge is 0.477 e. The summed E-state index contributed by atoms with van der Waals surface area (Å²) in [5.41, 5.74) is 0.0824. The normalized spacial score (nSPS) is 12.1. The molecular formula is C15H8Cl3F2N3O2. The Morgan fingerprint density at radius 2 is 1.84 bits per heavy atom. The third-order valence-corrected chi connectivity index (χ3v) is 4.12. The van der Waals surface area contributed by atoms with E-state index in [1.165, 1.54) is 12.1 Å². The van der Waals surface area contributed by atoms with Crippen LogP contribution < -0.4 is 0 Å². The van der Waals surface area contributed by atoms with Gasteiger partial charge in [0.1, 0.15) is 11.3 Å². The first-order valence-electron chi connectivity index (χ1n) is 6.76. The number of carbonyl (C=O) groups is 1. The maximum Gasteiger partial charge on any atom is 0.341 e. The summed E-state index contributed by atoms with van der Waals surface area (Å²) >= 11 is 17.3. The van der Waals surface area contributed by atoms with E-state index < -0.39 is 21.9 Å². The van der Waals surface area contributed by atoms with E-state index in [1.54, 1.807) is 12.1 Å². The topological polar surface area (TPSA) is 67.5 Å². The fourth-order valence-corrected chi connectivity index (χ4v) is 2.65. The summed E-state index contributed by atoms with van der Waals surface area (Å²) in [6.45, 7) is 0. The van der Waals surface area contributed by atoms with Crippen LogP contribution in [0.15, 0.2) is 36.5 Å². The molecule has 1 N–H and O–H groups in total. The Morgan fingerprint density at radius 3 is 2.36 bits per heavy atom. The number of nitrogens with zero attached hydrogens (tertiary/aromatic N) is 3. The van der Waals surface area contributed by atoms with E-state index in [0.29, 0.717) is 11.1 Å². The number of aromatic nitrogens is 3. The molecule has 1 aromatic carbocycles. The van der Waals surface area contributed by atoms with E-state index in [9.17, 15) is 13.6 Å². The molecule has 10 heteroatoms. The van der Waals surface area contributed by atoms with Crippen LogP contribution >= 0.6 is 34.8 Å². The van der Waals surface area contributed by atoms with Gasteiger partial charge < -0.3 is 5.11 Å². The predicted octanol–water partition coefficient (Wildman–Crippen LogP) is 4.86. The van der Waals surface area contributed by atoms with Gasteiger partial charge in [-0.15, -0.1) is 0 Å². The van der Waals surface area contributed by atoms with Crippen molar-refractivity contribution in [1.29, 1.82) is 0 Å². The molecule has 3 rings (SSSR count). The smallest absolute Gasteiger partial charge is 0.341 e. The molecule has 3 aromatic rings. The van der Waals surface area contributed by atoms with Gasteiger partial charge in [-0.2, -0.15) is 5.10 Å². The van der Waals surface area contributed by atoms with Crippen molar-refractivity contribution in [2.24, 2.45) is 0 Å². The molecule has 0 unspecified atom stereocenters. The molecule has 0 aliphatic carbocycles. The monoisotopic (exact) mass is 405 g/mol. The number of rotatable bonds is 3. The molecule has 0 amide bonds. The van der Waals surface area contributed by atoms with Gasteiger partial charge in [0.25, 0.3) is 6.43 Å². The highest BCUT2D eigenvalue weighted by molar-refractivity contribution is 6.66. The second-order valence-corrected chi connectivity index (χ2v) is 7.32. The van der Waals surface area contributed by atoms with E-state index in [1.807, 2.05) is 0 Å². The number of carboxylic acids is 1. The summed E-state index contributed by atoms with van der Waals surface area (Å²) in [4.78, 5) is 15.4. The number of alkyl halides is 5. The molecule has 0 fully saturated rings. The van der Waals surface area contributed by atoms with Crippen molar-refractivity contribution in [3.8, 4) is 11.3 Å². The Hall–Kier alpha value is -1.96. The van der Waals surface area contributed by atoms with Crippen molar-refractivity contribution in [1.82, 2.24) is 14.6 Å². The zero-order chi connectivity index (χ0) is 18.4. The summed E-state index contributed by atoms with van der Waals surface area (Å²) < 4.78 is 25.9. The maximum atomic E-state index is 13.3. The van der Waals surface area contributed by atoms with Crippen LogP contribution in [-0.4, -0.2) is 25.7 Å². The summed E-state index contributed by atoms with van der Waals surface area (Å²) in [6, 6.07) is 7.26. The van der Waals surface area contributed by atoms with Gasteiger partial charge in [0.2, 0.25) is 3.79 Å². The van der Waals surface area contributed by atoms with Crippen LogP contribution in [0, 0.1) is 0 Å². The molecule has 2 aromatic heterocycles. The molecule has 0 saturated carbocycles. The zero-order valence-electron chi connectivity index (χ0n) is 12.1. The SMILES string of the molecule is O=C(O)c1cnn2c(C(F)F)cc(-c3ccc(C(Cl)(Cl)Cl)cc3)nc12. The first-order valence-corrected chi connectivity index (χ1v) is 7.89. The second-order valence-electron chi connectivity index (χ2n) is 5.04. The second kappa shape index (κ2) is 6.40. The van der Waals surface area contributed by atoms with Crippen molar-refractivity contribution in [3.63, 3.8) is 0 Å². The van der Waals surface area contributed by atoms with E-state index >= 15 is 0 Å². The summed E-state index contributed by atoms with van der Waals surface area (Å²) in [6.07, 6.45) is -1.89. The minimum Gasteiger partial charge on any atom is -0.477 e. The van der Waals surface area contributed by atoms with Crippen LogP contribution in [0.2, 0.25) is 0 Å². The highest BCUT2D eigenvalue weighted by Gasteiger charge is 2.24. The highest BCUT2D eigenvalue weighted by atomic mass is 35.6. The molecule has 130 valence electrons. The molecule has 2 heterocycles. The lowest BCUT2D eigenvalue weighted by Gasteiger charge is -2.12. The number of carboxylic acid groups (broad SMARTS) is 1. The molecule has 0 aliphatic rings. The van der Waals surface area contributed by atoms with Gasteiger partial charge in [0.15, 0.2) is 5.65 Å². The first kappa shape index (κ1) is 17.8. The average molecular weight is 407 g/mol. The molecule has 0 saturated heterocycles. The molecule has 0 aliphatic heterocycles. The number of benzene rings is 1. The first-order chi connectivity index (χ1) is 11.7. The Bertz CT molecular complexity index is 953. The molecule has 0 bridgehead atoms. The van der Waals surface area contributed by atoms with Gasteiger partial charge in [-0.1, -0.05) is 59.1 Å². The molecule has 0 radical (unpaired) electrons. The maximum absolute atomic E-state index is 13.3. The van der Waals surface area contributed by atoms with Crippen LogP contribution in [0.3, 0.4) is 0 Å². The molecule has 5 nitrogen and oxygen atoms in total. The van der Waals surface area contributed by atoms with Crippen LogP contribution in [0.25, 0.3) is 16.9 Å². The van der Waals surface area contributed by atoms with E-state index in [4.69, 9.17) is 39.9 Å². The minimum absolute atomic E-state index is 0.154. The van der Waals surface area contributed by atoms with Crippen molar-refractivity contribution in [2.75, 3.05) is 0 Å². The highest BCUT2D eigenvalue weighted by Crippen LogP contribution is 2.38. The van der Waals surface area contributed by atoms with E-state index in [2.05, 4.69) is 10.1 Å². The molecule has 0 atom stereocenters. The van der Waals surface area contributed by atoms with Crippen LogP contribution in [0.5, 0.6) is 0 Å². The standard InChI is InChI=1S/C15H8Cl3F2N3O2/c16-15(17,18)8-3-1-7(2-4-8)10-5-11(12(19)20)23-13(22-10)9(6-21-23)14(24)25/h1-6,12H,(H,24,25). The number of hydrogen-bond acceptors (Lipinski definition) is 3. The Balaban J connectivity index is 2.19. The number of hydrogen-bond donors (Lipinski definition) is 1. The van der Waals surface area contributed by atoms with Gasteiger partial charge in [0, 0.05) is 11.1 Å². The van der Waals surface area contributed by atoms with E-state index in [0.717, 1.165) is 16.8 Å². The molecule has 25 heavy (non-hydrogen) atoms. The summed E-state index contributed by atoms with van der Waals surface area (Å²) in [7, 11) is 0. The fraction of sp³-hybridized carbons (Fsp3) is 0.133. The van der Waals surface area contributed by atoms with E-state index in [-0.39, 0.29) is 16.9 Å². The lowest BCUT2D eigenvalue weighted by atomic mass is 10.1. The van der Waals surface area contributed by atoms with Gasteiger partial charge in [-0.3, -0.25) is 0 Å². The van der Waals surface area contributed by atoms with Crippen molar-refractivity contribution >= 4 is 46.4 Å². The Kier molecular flexibility index (Phi) is 4.57. The third kappa shape index (κ3) is 3.40. The number of aromatic carboxylic acids is 1. The quantitative estimate of drug-likeness (QED) is 0.631. The third-order valence-electron chi connectivity index (χ3n) is 3.46. The van der Waals surface area contributed by atoms with Crippen LogP contribution in [0.1, 0.15) is 28.0 Å². The van der Waals surface area contributed by atoms with Gasteiger partial charge >= 0.3 is 5.97 Å². The number of halogens is 5. The summed E-state index contributed by atoms with van der Waals surface area (Å²) in [5, 5.41) is 12.8. The van der Waals surface area contributed by atoms with Gasteiger partial charge in [-0.05, 0) is 6.07 Å². The Morgan fingerprint density at radius 1 is 1.20 bits per heavy atom. The van der Waals surface area contributed by atoms with Crippen LogP contribution in [-0.2, 0) is 3.79 Å². The van der Waals surface area contributed by atoms with Gasteiger partial charge in [0.05, 0.1) is 11.9 Å². The Labute approximate surface area is 154 Å². The van der Waals surface area contributed by atoms with Crippen molar-refractivity contribution in [3.05, 3.63) is 53.3 Å². The lowest BCUT2D eigenvalue weighted by Crippen LogP contribution is -2.05. The molecular weight excluding hydrogens is 399 g/mol. The minimum atomic E-state index is -2.87. The fourth-order valence-electron chi connectivity index (χ4n) is 2.27. The zero-order valence-corrected chi connectivity index (χ0v) is 14.4. The van der Waals surface area contributed by atoms with Crippen LogP contribution in [0.4, 0.5) is 8.78 Å². The average Bonchev–Trinajstić information content (AvgIpc) is 2.97. The number of fused-ring (bicyclic) bond motifs is 1. The summed E-state index contributed by atoms with van der Waals surface area (Å²) in [5.74, 6) is -1.31.